The monoisotopic (exact) mass is 640 g/mol. The topological polar surface area (TPSA) is 38.7 Å². The molecule has 0 aliphatic heterocycles. The first-order chi connectivity index (χ1) is 20.2. The molecular weight excluding hydrogens is 573 g/mol. The van der Waals surface area contributed by atoms with Crippen molar-refractivity contribution >= 4 is 16.6 Å². The van der Waals surface area contributed by atoms with Gasteiger partial charge in [0.15, 0.2) is 16.6 Å². The minimum Gasteiger partial charge on any atom is -0.413 e. The highest BCUT2D eigenvalue weighted by molar-refractivity contribution is 6.74. The van der Waals surface area contributed by atoms with E-state index in [4.69, 9.17) is 8.85 Å². The normalized spacial score (nSPS) is 34.2. The second kappa shape index (κ2) is 13.1. The van der Waals surface area contributed by atoms with Crippen LogP contribution in [-0.2, 0) is 8.85 Å². The predicted octanol–water partition coefficient (Wildman–Crippen LogP) is 11.1. The van der Waals surface area contributed by atoms with Gasteiger partial charge in [-0.3, -0.25) is 0 Å². The summed E-state index contributed by atoms with van der Waals surface area (Å²) in [4.78, 5) is 0. The molecule has 0 aromatic heterocycles. The lowest BCUT2D eigenvalue weighted by Gasteiger charge is -2.45. The standard InChI is InChI=1S/C39H68O3Si2/c1-27(16-23-35(40)30-18-19-30)33-21-22-34-29(15-14-24-39(33,34)9)17-20-31-25-32(41-43(10,11)37(3,4)5)26-36(28(31)2)42-44(12,13)38(6,7)8/h16-17,20,23,27,30,32-36,40H,2,14-15,18-19,21-22,24-26H2,1,3-13H3/b23-16?,29-17-,31-20-/t27-,32-,33-,34+,35-,36+,39?/m1/s1. The molecule has 5 heteroatoms. The van der Waals surface area contributed by atoms with Crippen LogP contribution in [0, 0.1) is 29.1 Å². The van der Waals surface area contributed by atoms with Crippen LogP contribution in [-0.4, -0.2) is 40.1 Å². The van der Waals surface area contributed by atoms with E-state index < -0.39 is 16.6 Å². The maximum absolute atomic E-state index is 10.5. The Hall–Kier alpha value is -0.726. The zero-order valence-electron chi connectivity index (χ0n) is 30.7. The van der Waals surface area contributed by atoms with Gasteiger partial charge in [0.1, 0.15) is 0 Å². The molecule has 4 aliphatic rings. The van der Waals surface area contributed by atoms with Gasteiger partial charge in [-0.05, 0) is 128 Å². The van der Waals surface area contributed by atoms with Crippen molar-refractivity contribution in [2.75, 3.05) is 0 Å². The summed E-state index contributed by atoms with van der Waals surface area (Å²) in [6.45, 7) is 33.2. The Kier molecular flexibility index (Phi) is 10.7. The van der Waals surface area contributed by atoms with Crippen LogP contribution in [0.4, 0.5) is 0 Å². The molecule has 44 heavy (non-hydrogen) atoms. The van der Waals surface area contributed by atoms with Crippen molar-refractivity contribution in [3.05, 3.63) is 47.6 Å². The van der Waals surface area contributed by atoms with Crippen LogP contribution in [0.3, 0.4) is 0 Å². The van der Waals surface area contributed by atoms with Crippen LogP contribution in [0.5, 0.6) is 0 Å². The number of allylic oxidation sites excluding steroid dienone is 4. The largest absolute Gasteiger partial charge is 0.413 e. The molecule has 0 amide bonds. The molecule has 4 rings (SSSR count). The summed E-state index contributed by atoms with van der Waals surface area (Å²) in [6.07, 6.45) is 19.9. The van der Waals surface area contributed by atoms with Crippen molar-refractivity contribution in [3.8, 4) is 0 Å². The molecule has 4 saturated carbocycles. The maximum Gasteiger partial charge on any atom is 0.192 e. The summed E-state index contributed by atoms with van der Waals surface area (Å²) in [5.74, 6) is 2.35. The Morgan fingerprint density at radius 3 is 2.11 bits per heavy atom. The van der Waals surface area contributed by atoms with E-state index in [0.717, 1.165) is 12.8 Å². The summed E-state index contributed by atoms with van der Waals surface area (Å²) in [7, 11) is -3.90. The number of aliphatic hydroxyl groups is 1. The summed E-state index contributed by atoms with van der Waals surface area (Å²) in [5, 5.41) is 10.8. The molecule has 0 bridgehead atoms. The summed E-state index contributed by atoms with van der Waals surface area (Å²) in [5.41, 5.74) is 4.49. The zero-order chi connectivity index (χ0) is 32.9. The Morgan fingerprint density at radius 2 is 1.52 bits per heavy atom. The average molecular weight is 641 g/mol. The second-order valence-electron chi connectivity index (χ2n) is 18.4. The molecule has 7 atom stereocenters. The molecule has 0 heterocycles. The summed E-state index contributed by atoms with van der Waals surface area (Å²) < 4.78 is 14.2. The lowest BCUT2D eigenvalue weighted by molar-refractivity contribution is 0.0969. The molecule has 4 aliphatic carbocycles. The molecule has 3 nitrogen and oxygen atoms in total. The molecule has 0 saturated heterocycles. The zero-order valence-corrected chi connectivity index (χ0v) is 32.7. The van der Waals surface area contributed by atoms with Crippen LogP contribution in [0.2, 0.25) is 36.3 Å². The van der Waals surface area contributed by atoms with Crippen molar-refractivity contribution in [1.82, 2.24) is 0 Å². The van der Waals surface area contributed by atoms with Gasteiger partial charge >= 0.3 is 0 Å². The first-order valence-corrected chi connectivity index (χ1v) is 23.8. The summed E-state index contributed by atoms with van der Waals surface area (Å²) in [6, 6.07) is 0. The van der Waals surface area contributed by atoms with Crippen LogP contribution < -0.4 is 0 Å². The molecule has 0 radical (unpaired) electrons. The van der Waals surface area contributed by atoms with E-state index in [2.05, 4.69) is 112 Å². The fourth-order valence-corrected chi connectivity index (χ4v) is 10.6. The van der Waals surface area contributed by atoms with Crippen molar-refractivity contribution in [1.29, 1.82) is 0 Å². The van der Waals surface area contributed by atoms with Crippen LogP contribution in [0.1, 0.15) is 113 Å². The molecule has 250 valence electrons. The van der Waals surface area contributed by atoms with E-state index >= 15 is 0 Å². The molecular formula is C39H68O3Si2. The Morgan fingerprint density at radius 1 is 0.909 bits per heavy atom. The van der Waals surface area contributed by atoms with Gasteiger partial charge in [0.2, 0.25) is 0 Å². The van der Waals surface area contributed by atoms with E-state index in [1.807, 2.05) is 0 Å². The highest BCUT2D eigenvalue weighted by Gasteiger charge is 2.50. The molecule has 1 unspecified atom stereocenters. The van der Waals surface area contributed by atoms with E-state index in [1.54, 1.807) is 5.57 Å². The van der Waals surface area contributed by atoms with Crippen LogP contribution >= 0.6 is 0 Å². The minimum atomic E-state index is -1.98. The van der Waals surface area contributed by atoms with Crippen LogP contribution in [0.25, 0.3) is 0 Å². The number of hydrogen-bond acceptors (Lipinski definition) is 3. The quantitative estimate of drug-likeness (QED) is 0.201. The lowest BCUT2D eigenvalue weighted by atomic mass is 9.61. The first kappa shape index (κ1) is 36.1. The van der Waals surface area contributed by atoms with Gasteiger partial charge in [-0.25, -0.2) is 0 Å². The fourth-order valence-electron chi connectivity index (χ4n) is 7.93. The lowest BCUT2D eigenvalue weighted by Crippen LogP contribution is -2.49. The van der Waals surface area contributed by atoms with Crippen molar-refractivity contribution < 1.29 is 14.0 Å². The maximum atomic E-state index is 10.5. The predicted molar refractivity (Wildman–Crippen MR) is 194 cm³/mol. The van der Waals surface area contributed by atoms with Crippen LogP contribution in [0.15, 0.2) is 47.6 Å². The Labute approximate surface area is 274 Å². The van der Waals surface area contributed by atoms with Gasteiger partial charge in [-0.2, -0.15) is 0 Å². The van der Waals surface area contributed by atoms with Gasteiger partial charge in [0, 0.05) is 6.42 Å². The number of rotatable bonds is 9. The number of fused-ring (bicyclic) bond motifs is 1. The molecule has 0 spiro atoms. The van der Waals surface area contributed by atoms with Gasteiger partial charge in [0.25, 0.3) is 0 Å². The third-order valence-corrected chi connectivity index (χ3v) is 22.1. The van der Waals surface area contributed by atoms with Crippen molar-refractivity contribution in [2.24, 2.45) is 29.1 Å². The van der Waals surface area contributed by atoms with E-state index in [-0.39, 0.29) is 28.4 Å². The van der Waals surface area contributed by atoms with E-state index in [1.165, 1.54) is 56.1 Å². The van der Waals surface area contributed by atoms with Crippen molar-refractivity contribution in [3.63, 3.8) is 0 Å². The van der Waals surface area contributed by atoms with Gasteiger partial charge in [-0.1, -0.05) is 91.8 Å². The molecule has 4 fully saturated rings. The third-order valence-electron chi connectivity index (χ3n) is 13.1. The molecule has 1 N–H and O–H groups in total. The SMILES string of the molecule is C=C1/C(=C\C=C2\CCCC3(C)[C@@H]([C@H](C)C=C[C@@H](O)C4CC4)CC[C@@H]23)C[C@@H](O[Si](C)(C)C(C)(C)C)C[C@@H]1O[Si](C)(C)C(C)(C)C. The first-order valence-electron chi connectivity index (χ1n) is 18.0. The summed E-state index contributed by atoms with van der Waals surface area (Å²) >= 11 is 0. The van der Waals surface area contributed by atoms with E-state index in [0.29, 0.717) is 29.1 Å². The van der Waals surface area contributed by atoms with Crippen molar-refractivity contribution in [2.45, 2.75) is 168 Å². The Balaban J connectivity index is 1.57. The minimum absolute atomic E-state index is 0.0233. The number of hydrogen-bond donors (Lipinski definition) is 1. The highest BCUT2D eigenvalue weighted by atomic mass is 28.4. The Bertz CT molecular complexity index is 1130. The fraction of sp³-hybridized carbons (Fsp3) is 0.795. The molecule has 0 aromatic rings. The number of aliphatic hydroxyl groups excluding tert-OH is 1. The van der Waals surface area contributed by atoms with Gasteiger partial charge < -0.3 is 14.0 Å². The van der Waals surface area contributed by atoms with E-state index in [9.17, 15) is 5.11 Å². The van der Waals surface area contributed by atoms with Gasteiger partial charge in [-0.15, -0.1) is 0 Å². The van der Waals surface area contributed by atoms with Gasteiger partial charge in [0.05, 0.1) is 18.3 Å². The average Bonchev–Trinajstić information content (AvgIpc) is 3.68. The third kappa shape index (κ3) is 7.86. The molecule has 0 aromatic carbocycles. The smallest absolute Gasteiger partial charge is 0.192 e. The second-order valence-corrected chi connectivity index (χ2v) is 27.9. The highest BCUT2D eigenvalue weighted by Crippen LogP contribution is 2.59.